The zero-order chi connectivity index (χ0) is 20.2. The zero-order valence-electron chi connectivity index (χ0n) is 16.2. The first-order valence-electron chi connectivity index (χ1n) is 9.60. The van der Waals surface area contributed by atoms with Gasteiger partial charge in [-0.05, 0) is 36.8 Å². The number of aromatic carboxylic acids is 1. The van der Waals surface area contributed by atoms with Crippen LogP contribution < -0.4 is 9.64 Å². The number of rotatable bonds is 5. The number of carboxylic acid groups (broad SMARTS) is 1. The minimum Gasteiger partial charge on any atom is -0.490 e. The van der Waals surface area contributed by atoms with Gasteiger partial charge >= 0.3 is 5.97 Å². The van der Waals surface area contributed by atoms with Crippen molar-refractivity contribution in [2.24, 2.45) is 0 Å². The number of benzene rings is 1. The summed E-state index contributed by atoms with van der Waals surface area (Å²) in [6, 6.07) is 13.4. The molecule has 0 aliphatic carbocycles. The summed E-state index contributed by atoms with van der Waals surface area (Å²) in [5.41, 5.74) is 2.51. The summed E-state index contributed by atoms with van der Waals surface area (Å²) in [5.74, 6) is 0.748. The fourth-order valence-electron chi connectivity index (χ4n) is 3.42. The number of ether oxygens (including phenoxy) is 1. The molecule has 7 heteroatoms. The first-order chi connectivity index (χ1) is 14.1. The number of para-hydroxylation sites is 1. The highest BCUT2D eigenvalue weighted by atomic mass is 16.5. The van der Waals surface area contributed by atoms with Gasteiger partial charge in [0.1, 0.15) is 11.9 Å². The van der Waals surface area contributed by atoms with Crippen molar-refractivity contribution in [2.45, 2.75) is 25.9 Å². The lowest BCUT2D eigenvalue weighted by molar-refractivity contribution is 0.0696. The molecule has 0 saturated carbocycles. The van der Waals surface area contributed by atoms with Gasteiger partial charge in [-0.25, -0.2) is 4.79 Å². The predicted octanol–water partition coefficient (Wildman–Crippen LogP) is 3.59. The monoisotopic (exact) mass is 390 g/mol. The van der Waals surface area contributed by atoms with Crippen LogP contribution in [-0.2, 0) is 0 Å². The number of hydrogen-bond donors (Lipinski definition) is 1. The highest BCUT2D eigenvalue weighted by Gasteiger charge is 2.22. The summed E-state index contributed by atoms with van der Waals surface area (Å²) in [4.78, 5) is 17.3. The second-order valence-electron chi connectivity index (χ2n) is 7.11. The average molecular weight is 390 g/mol. The number of aromatic nitrogens is 3. The first kappa shape index (κ1) is 18.9. The van der Waals surface area contributed by atoms with E-state index in [4.69, 9.17) is 9.84 Å². The van der Waals surface area contributed by atoms with Crippen LogP contribution in [0.3, 0.4) is 0 Å². The molecule has 1 aliphatic heterocycles. The third-order valence-electron chi connectivity index (χ3n) is 5.08. The van der Waals surface area contributed by atoms with Crippen molar-refractivity contribution in [3.8, 4) is 17.0 Å². The molecule has 0 radical (unpaired) electrons. The zero-order valence-corrected chi connectivity index (χ0v) is 16.2. The molecule has 3 aromatic rings. The Bertz CT molecular complexity index is 999. The third kappa shape index (κ3) is 4.34. The van der Waals surface area contributed by atoms with Gasteiger partial charge < -0.3 is 14.7 Å². The standard InChI is InChI=1S/C22H22N4O3/c1-15-4-2-3-5-20(15)29-18-8-10-26(11-9-18)21-7-6-19(24-25-21)16-12-17(22(27)28)14-23-13-16/h2-7,12-14,18H,8-11H2,1H3,(H,27,28). The molecular weight excluding hydrogens is 368 g/mol. The van der Waals surface area contributed by atoms with Crippen LogP contribution in [0.1, 0.15) is 28.8 Å². The van der Waals surface area contributed by atoms with Crippen LogP contribution >= 0.6 is 0 Å². The second-order valence-corrected chi connectivity index (χ2v) is 7.11. The Balaban J connectivity index is 1.39. The second kappa shape index (κ2) is 8.26. The number of piperidine rings is 1. The van der Waals surface area contributed by atoms with E-state index in [1.165, 1.54) is 6.20 Å². The van der Waals surface area contributed by atoms with Gasteiger partial charge in [0.05, 0.1) is 11.3 Å². The van der Waals surface area contributed by atoms with E-state index in [9.17, 15) is 4.79 Å². The van der Waals surface area contributed by atoms with Crippen LogP contribution in [-0.4, -0.2) is 45.5 Å². The lowest BCUT2D eigenvalue weighted by Gasteiger charge is -2.33. The summed E-state index contributed by atoms with van der Waals surface area (Å²) in [7, 11) is 0. The molecule has 0 unspecified atom stereocenters. The van der Waals surface area contributed by atoms with Crippen LogP contribution in [0.15, 0.2) is 54.9 Å². The molecule has 29 heavy (non-hydrogen) atoms. The highest BCUT2D eigenvalue weighted by molar-refractivity contribution is 5.88. The van der Waals surface area contributed by atoms with E-state index in [2.05, 4.69) is 33.1 Å². The number of anilines is 1. The SMILES string of the molecule is Cc1ccccc1OC1CCN(c2ccc(-c3cncc(C(=O)O)c3)nn2)CC1. The average Bonchev–Trinajstić information content (AvgIpc) is 2.76. The number of nitrogens with zero attached hydrogens (tertiary/aromatic N) is 4. The minimum absolute atomic E-state index is 0.129. The molecule has 0 atom stereocenters. The molecule has 4 rings (SSSR count). The lowest BCUT2D eigenvalue weighted by atomic mass is 10.1. The van der Waals surface area contributed by atoms with E-state index < -0.39 is 5.97 Å². The Kier molecular flexibility index (Phi) is 5.37. The largest absolute Gasteiger partial charge is 0.490 e. The van der Waals surface area contributed by atoms with Crippen molar-refractivity contribution in [2.75, 3.05) is 18.0 Å². The van der Waals surface area contributed by atoms with Crippen LogP contribution in [0.2, 0.25) is 0 Å². The molecule has 7 nitrogen and oxygen atoms in total. The van der Waals surface area contributed by atoms with E-state index in [0.717, 1.165) is 43.1 Å². The molecule has 1 N–H and O–H groups in total. The third-order valence-corrected chi connectivity index (χ3v) is 5.08. The fraction of sp³-hybridized carbons (Fsp3) is 0.273. The molecular formula is C22H22N4O3. The smallest absolute Gasteiger partial charge is 0.337 e. The lowest BCUT2D eigenvalue weighted by Crippen LogP contribution is -2.38. The predicted molar refractivity (Wildman–Crippen MR) is 109 cm³/mol. The van der Waals surface area contributed by atoms with Crippen molar-refractivity contribution in [1.29, 1.82) is 0 Å². The van der Waals surface area contributed by atoms with Crippen LogP contribution in [0.4, 0.5) is 5.82 Å². The van der Waals surface area contributed by atoms with Crippen LogP contribution in [0.5, 0.6) is 5.75 Å². The van der Waals surface area contributed by atoms with Gasteiger partial charge in [0.2, 0.25) is 0 Å². The van der Waals surface area contributed by atoms with Crippen molar-refractivity contribution in [3.63, 3.8) is 0 Å². The van der Waals surface area contributed by atoms with E-state index in [1.54, 1.807) is 12.3 Å². The summed E-state index contributed by atoms with van der Waals surface area (Å²) in [5, 5.41) is 17.7. The number of aryl methyl sites for hydroxylation is 1. The number of carbonyl (C=O) groups is 1. The summed E-state index contributed by atoms with van der Waals surface area (Å²) < 4.78 is 6.16. The van der Waals surface area contributed by atoms with Crippen LogP contribution in [0, 0.1) is 6.92 Å². The molecule has 1 aliphatic rings. The Morgan fingerprint density at radius 2 is 1.90 bits per heavy atom. The molecule has 1 saturated heterocycles. The first-order valence-corrected chi connectivity index (χ1v) is 9.60. The van der Waals surface area contributed by atoms with E-state index in [0.29, 0.717) is 11.3 Å². The maximum Gasteiger partial charge on any atom is 0.337 e. The Hall–Kier alpha value is -3.48. The van der Waals surface area contributed by atoms with Gasteiger partial charge in [-0.15, -0.1) is 10.2 Å². The van der Waals surface area contributed by atoms with Gasteiger partial charge in [0, 0.05) is 43.9 Å². The van der Waals surface area contributed by atoms with Gasteiger partial charge in [-0.2, -0.15) is 0 Å². The number of carboxylic acids is 1. The molecule has 3 heterocycles. The van der Waals surface area contributed by atoms with Crippen molar-refractivity contribution in [3.05, 3.63) is 66.0 Å². The fourth-order valence-corrected chi connectivity index (χ4v) is 3.42. The maximum absolute atomic E-state index is 11.1. The molecule has 0 amide bonds. The molecule has 0 spiro atoms. The normalized spacial score (nSPS) is 14.6. The van der Waals surface area contributed by atoms with Gasteiger partial charge in [-0.1, -0.05) is 18.2 Å². The van der Waals surface area contributed by atoms with Gasteiger partial charge in [0.25, 0.3) is 0 Å². The highest BCUT2D eigenvalue weighted by Crippen LogP contribution is 2.25. The van der Waals surface area contributed by atoms with Crippen molar-refractivity contribution < 1.29 is 14.6 Å². The van der Waals surface area contributed by atoms with Gasteiger partial charge in [0.15, 0.2) is 5.82 Å². The Morgan fingerprint density at radius 3 is 2.59 bits per heavy atom. The molecule has 1 fully saturated rings. The minimum atomic E-state index is -1.01. The molecule has 148 valence electrons. The topological polar surface area (TPSA) is 88.4 Å². The molecule has 2 aromatic heterocycles. The summed E-state index contributed by atoms with van der Waals surface area (Å²) in [6.07, 6.45) is 4.94. The Morgan fingerprint density at radius 1 is 1.10 bits per heavy atom. The number of pyridine rings is 1. The summed E-state index contributed by atoms with van der Waals surface area (Å²) in [6.45, 7) is 3.75. The molecule has 1 aromatic carbocycles. The van der Waals surface area contributed by atoms with Crippen molar-refractivity contribution >= 4 is 11.8 Å². The summed E-state index contributed by atoms with van der Waals surface area (Å²) >= 11 is 0. The van der Waals surface area contributed by atoms with E-state index >= 15 is 0 Å². The quantitative estimate of drug-likeness (QED) is 0.712. The van der Waals surface area contributed by atoms with Crippen LogP contribution in [0.25, 0.3) is 11.3 Å². The van der Waals surface area contributed by atoms with E-state index in [1.807, 2.05) is 30.3 Å². The number of hydrogen-bond acceptors (Lipinski definition) is 6. The van der Waals surface area contributed by atoms with E-state index in [-0.39, 0.29) is 11.7 Å². The molecule has 0 bridgehead atoms. The van der Waals surface area contributed by atoms with Gasteiger partial charge in [-0.3, -0.25) is 4.98 Å². The van der Waals surface area contributed by atoms with Crippen molar-refractivity contribution in [1.82, 2.24) is 15.2 Å². The Labute approximate surface area is 169 Å². The maximum atomic E-state index is 11.1.